The molecule has 1 aromatic carbocycles. The highest BCUT2D eigenvalue weighted by Crippen LogP contribution is 2.32. The Morgan fingerprint density at radius 1 is 0.946 bits per heavy atom. The van der Waals surface area contributed by atoms with Crippen LogP contribution in [0, 0.1) is 0 Å². The quantitative estimate of drug-likeness (QED) is 0.210. The summed E-state index contributed by atoms with van der Waals surface area (Å²) in [5.41, 5.74) is 0.396. The average Bonchev–Trinajstić information content (AvgIpc) is 3.12. The van der Waals surface area contributed by atoms with Gasteiger partial charge in [0.05, 0.1) is 56.5 Å². The molecule has 37 heavy (non-hydrogen) atoms. The topological polar surface area (TPSA) is 161 Å². The molecule has 3 rings (SSSR count). The molecule has 1 unspecified atom stereocenters. The summed E-state index contributed by atoms with van der Waals surface area (Å²) < 4.78 is 15.9. The summed E-state index contributed by atoms with van der Waals surface area (Å²) in [5, 5.41) is 13.5. The smallest absolute Gasteiger partial charge is 0.264 e. The first kappa shape index (κ1) is 28.4. The number of nitrogens with one attached hydrogen (secondary N) is 2. The summed E-state index contributed by atoms with van der Waals surface area (Å²) in [6.45, 7) is 2.62. The van der Waals surface area contributed by atoms with Crippen LogP contribution in [0.15, 0.2) is 18.2 Å². The van der Waals surface area contributed by atoms with Gasteiger partial charge in [-0.2, -0.15) is 0 Å². The Bertz CT molecular complexity index is 998. The Hall–Kier alpha value is -3.19. The van der Waals surface area contributed by atoms with E-state index in [2.05, 4.69) is 10.6 Å². The van der Waals surface area contributed by atoms with E-state index in [0.29, 0.717) is 46.1 Å². The largest absolute Gasteiger partial charge is 0.394 e. The van der Waals surface area contributed by atoms with E-state index in [4.69, 9.17) is 19.3 Å². The van der Waals surface area contributed by atoms with Crippen LogP contribution >= 0.6 is 0 Å². The highest BCUT2D eigenvalue weighted by Gasteiger charge is 2.45. The molecule has 12 heteroatoms. The minimum Gasteiger partial charge on any atom is -0.394 e. The van der Waals surface area contributed by atoms with Gasteiger partial charge in [0.25, 0.3) is 11.8 Å². The predicted octanol–water partition coefficient (Wildman–Crippen LogP) is 0.629. The van der Waals surface area contributed by atoms with Crippen molar-refractivity contribution in [2.45, 2.75) is 44.6 Å². The van der Waals surface area contributed by atoms with Gasteiger partial charge in [-0.15, -0.1) is 0 Å². The van der Waals surface area contributed by atoms with E-state index in [0.717, 1.165) is 17.7 Å². The normalized spacial score (nSPS) is 17.2. The first-order valence-electron chi connectivity index (χ1n) is 12.4. The number of nitrogens with zero attached hydrogens (tertiary/aromatic N) is 1. The zero-order valence-electron chi connectivity index (χ0n) is 20.7. The van der Waals surface area contributed by atoms with Crippen LogP contribution in [0.2, 0.25) is 0 Å². The van der Waals surface area contributed by atoms with Crippen molar-refractivity contribution >= 4 is 35.2 Å². The fourth-order valence-corrected chi connectivity index (χ4v) is 4.10. The van der Waals surface area contributed by atoms with E-state index in [-0.39, 0.29) is 48.6 Å². The maximum Gasteiger partial charge on any atom is 0.264 e. The van der Waals surface area contributed by atoms with Gasteiger partial charge in [-0.25, -0.2) is 0 Å². The van der Waals surface area contributed by atoms with E-state index in [1.807, 2.05) is 0 Å². The molecule has 2 aliphatic rings. The van der Waals surface area contributed by atoms with Crippen LogP contribution < -0.4 is 10.6 Å². The van der Waals surface area contributed by atoms with Crippen LogP contribution in [0.1, 0.15) is 59.2 Å². The van der Waals surface area contributed by atoms with Crippen molar-refractivity contribution in [2.24, 2.45) is 0 Å². The molecule has 2 aliphatic heterocycles. The summed E-state index contributed by atoms with van der Waals surface area (Å²) in [6, 6.07) is 3.53. The van der Waals surface area contributed by atoms with Crippen LogP contribution in [0.5, 0.6) is 0 Å². The summed E-state index contributed by atoms with van der Waals surface area (Å²) in [7, 11) is 0. The number of rotatable bonds is 16. The average molecular weight is 520 g/mol. The van der Waals surface area contributed by atoms with Crippen molar-refractivity contribution < 1.29 is 43.3 Å². The van der Waals surface area contributed by atoms with Crippen LogP contribution in [-0.2, 0) is 28.6 Å². The minimum atomic E-state index is -1.06. The van der Waals surface area contributed by atoms with E-state index in [1.165, 1.54) is 6.07 Å². The predicted molar refractivity (Wildman–Crippen MR) is 130 cm³/mol. The number of unbranched alkanes of at least 4 members (excludes halogenated alkanes) is 2. The van der Waals surface area contributed by atoms with E-state index in [1.54, 1.807) is 12.1 Å². The van der Waals surface area contributed by atoms with E-state index < -0.39 is 29.7 Å². The SMILES string of the molecule is O=C1CCC(N2C(=O)c3cccc(NC(=O)CCCCCOCCOCCOCCO)c3C2=O)C(=O)N1. The molecule has 202 valence electrons. The highest BCUT2D eigenvalue weighted by atomic mass is 16.5. The van der Waals surface area contributed by atoms with E-state index >= 15 is 0 Å². The van der Waals surface area contributed by atoms with Crippen molar-refractivity contribution in [1.29, 1.82) is 0 Å². The molecule has 0 spiro atoms. The van der Waals surface area contributed by atoms with Gasteiger partial charge in [0.1, 0.15) is 6.04 Å². The van der Waals surface area contributed by atoms with Crippen molar-refractivity contribution in [3.63, 3.8) is 0 Å². The summed E-state index contributed by atoms with van der Waals surface area (Å²) >= 11 is 0. The fourth-order valence-electron chi connectivity index (χ4n) is 4.10. The number of anilines is 1. The van der Waals surface area contributed by atoms with Crippen LogP contribution in [0.4, 0.5) is 5.69 Å². The van der Waals surface area contributed by atoms with Gasteiger partial charge in [0, 0.05) is 19.4 Å². The third-order valence-corrected chi connectivity index (χ3v) is 5.91. The number of fused-ring (bicyclic) bond motifs is 1. The molecule has 12 nitrogen and oxygen atoms in total. The third-order valence-electron chi connectivity index (χ3n) is 5.91. The number of amides is 5. The molecule has 1 saturated heterocycles. The maximum atomic E-state index is 13.1. The molecule has 3 N–H and O–H groups in total. The van der Waals surface area contributed by atoms with Gasteiger partial charge >= 0.3 is 0 Å². The second kappa shape index (κ2) is 14.5. The standard InChI is InChI=1S/C25H33N3O9/c29-10-12-36-14-16-37-15-13-35-11-3-1-2-7-20(30)26-18-6-4-5-17-22(18)25(34)28(24(17)33)19-8-9-21(31)27-23(19)32/h4-6,19,29H,1-3,7-16H2,(H,26,30)(H,27,31,32). The molecule has 2 heterocycles. The van der Waals surface area contributed by atoms with Gasteiger partial charge < -0.3 is 24.6 Å². The lowest BCUT2D eigenvalue weighted by Gasteiger charge is -2.27. The molecular formula is C25H33N3O9. The molecular weight excluding hydrogens is 486 g/mol. The minimum absolute atomic E-state index is 0.00902. The van der Waals surface area contributed by atoms with Crippen LogP contribution in [0.3, 0.4) is 0 Å². The number of aliphatic hydroxyl groups is 1. The first-order valence-corrected chi connectivity index (χ1v) is 12.4. The molecule has 0 bridgehead atoms. The molecule has 1 fully saturated rings. The zero-order chi connectivity index (χ0) is 26.6. The lowest BCUT2D eigenvalue weighted by atomic mass is 10.0. The van der Waals surface area contributed by atoms with Crippen molar-refractivity contribution in [2.75, 3.05) is 51.6 Å². The Kier molecular flexibility index (Phi) is 11.1. The van der Waals surface area contributed by atoms with Gasteiger partial charge in [-0.1, -0.05) is 12.5 Å². The first-order chi connectivity index (χ1) is 17.9. The maximum absolute atomic E-state index is 13.1. The molecule has 5 amide bonds. The second-order valence-electron chi connectivity index (χ2n) is 8.59. The lowest BCUT2D eigenvalue weighted by Crippen LogP contribution is -2.54. The zero-order valence-corrected chi connectivity index (χ0v) is 20.7. The molecule has 0 aromatic heterocycles. The summed E-state index contributed by atoms with van der Waals surface area (Å²) in [5.74, 6) is -2.69. The second-order valence-corrected chi connectivity index (χ2v) is 8.59. The number of benzene rings is 1. The van der Waals surface area contributed by atoms with Crippen LogP contribution in [0.25, 0.3) is 0 Å². The van der Waals surface area contributed by atoms with Gasteiger partial charge in [0.15, 0.2) is 0 Å². The number of carbonyl (C=O) groups is 5. The Morgan fingerprint density at radius 3 is 2.35 bits per heavy atom. The van der Waals surface area contributed by atoms with Gasteiger partial charge in [-0.05, 0) is 31.4 Å². The lowest BCUT2D eigenvalue weighted by molar-refractivity contribution is -0.136. The Labute approximate surface area is 214 Å². The van der Waals surface area contributed by atoms with Crippen molar-refractivity contribution in [3.8, 4) is 0 Å². The molecule has 0 saturated carbocycles. The van der Waals surface area contributed by atoms with E-state index in [9.17, 15) is 24.0 Å². The third kappa shape index (κ3) is 7.89. The van der Waals surface area contributed by atoms with Gasteiger partial charge in [-0.3, -0.25) is 34.2 Å². The molecule has 0 aliphatic carbocycles. The number of ether oxygens (including phenoxy) is 3. The number of aliphatic hydroxyl groups excluding tert-OH is 1. The number of carbonyl (C=O) groups excluding carboxylic acids is 5. The summed E-state index contributed by atoms with van der Waals surface area (Å²) in [4.78, 5) is 63.0. The number of hydrogen-bond acceptors (Lipinski definition) is 9. The van der Waals surface area contributed by atoms with Crippen molar-refractivity contribution in [1.82, 2.24) is 10.2 Å². The number of imide groups is 2. The number of hydrogen-bond donors (Lipinski definition) is 3. The highest BCUT2D eigenvalue weighted by molar-refractivity contribution is 6.26. The molecule has 1 aromatic rings. The molecule has 1 atom stereocenters. The fraction of sp³-hybridized carbons (Fsp3) is 0.560. The van der Waals surface area contributed by atoms with Crippen LogP contribution in [-0.4, -0.2) is 91.8 Å². The Balaban J connectivity index is 1.37. The Morgan fingerprint density at radius 2 is 1.65 bits per heavy atom. The molecule has 0 radical (unpaired) electrons. The monoisotopic (exact) mass is 519 g/mol. The summed E-state index contributed by atoms with van der Waals surface area (Å²) in [6.07, 6.45) is 2.51. The van der Waals surface area contributed by atoms with Crippen molar-refractivity contribution in [3.05, 3.63) is 29.3 Å². The van der Waals surface area contributed by atoms with Gasteiger partial charge in [0.2, 0.25) is 17.7 Å². The number of piperidine rings is 1.